The molecule has 1 aromatic heterocycles. The van der Waals surface area contributed by atoms with E-state index in [0.717, 1.165) is 16.9 Å². The highest BCUT2D eigenvalue weighted by molar-refractivity contribution is 6.29. The second-order valence-electron chi connectivity index (χ2n) is 8.00. The minimum Gasteiger partial charge on any atom is -0.496 e. The van der Waals surface area contributed by atoms with Gasteiger partial charge in [0.1, 0.15) is 16.9 Å². The molecule has 0 fully saturated rings. The summed E-state index contributed by atoms with van der Waals surface area (Å²) in [6, 6.07) is 24.9. The fourth-order valence-corrected chi connectivity index (χ4v) is 4.41. The Balaban J connectivity index is 1.39. The van der Waals surface area contributed by atoms with Gasteiger partial charge in [0.25, 0.3) is 5.91 Å². The summed E-state index contributed by atoms with van der Waals surface area (Å²) in [4.78, 5) is 26.2. The molecule has 0 aliphatic carbocycles. The van der Waals surface area contributed by atoms with Gasteiger partial charge >= 0.3 is 0 Å². The number of benzene rings is 3. The van der Waals surface area contributed by atoms with Crippen LogP contribution in [0.25, 0.3) is 0 Å². The number of fused-ring (bicyclic) bond motifs is 2. The van der Waals surface area contributed by atoms with Crippen molar-refractivity contribution in [3.63, 3.8) is 0 Å². The lowest BCUT2D eigenvalue weighted by Gasteiger charge is -2.18. The predicted octanol–water partition coefficient (Wildman–Crippen LogP) is 5.80. The van der Waals surface area contributed by atoms with Gasteiger partial charge in [-0.1, -0.05) is 41.9 Å². The maximum absolute atomic E-state index is 13.5. The summed E-state index contributed by atoms with van der Waals surface area (Å²) in [6.07, 6.45) is 0. The molecule has 1 unspecified atom stereocenters. The van der Waals surface area contributed by atoms with Crippen LogP contribution in [-0.2, 0) is 6.54 Å². The van der Waals surface area contributed by atoms with Gasteiger partial charge in [-0.15, -0.1) is 0 Å². The van der Waals surface area contributed by atoms with E-state index in [2.05, 4.69) is 10.6 Å². The molecule has 0 saturated heterocycles. The molecular formula is C27H22ClN3O3. The van der Waals surface area contributed by atoms with Crippen LogP contribution in [-0.4, -0.2) is 23.4 Å². The molecule has 0 saturated carbocycles. The first-order valence-electron chi connectivity index (χ1n) is 10.8. The monoisotopic (exact) mass is 471 g/mol. The molecule has 0 spiro atoms. The summed E-state index contributed by atoms with van der Waals surface area (Å²) in [5.41, 5.74) is 4.31. The summed E-state index contributed by atoms with van der Waals surface area (Å²) >= 11 is 6.43. The van der Waals surface area contributed by atoms with E-state index in [1.165, 1.54) is 7.11 Å². The first kappa shape index (κ1) is 21.8. The third-order valence-corrected chi connectivity index (χ3v) is 6.27. The lowest BCUT2D eigenvalue weighted by atomic mass is 10.0. The van der Waals surface area contributed by atoms with Crippen LogP contribution in [0.4, 0.5) is 11.4 Å². The van der Waals surface area contributed by atoms with Gasteiger partial charge in [-0.05, 0) is 60.2 Å². The summed E-state index contributed by atoms with van der Waals surface area (Å²) in [6.45, 7) is 0.585. The Bertz CT molecular complexity index is 1380. The van der Waals surface area contributed by atoms with Crippen LogP contribution in [0.3, 0.4) is 0 Å². The SMILES string of the molecule is COc1ccccc1C(=O)Nc1ccc(C(=O)C2Nc3ccccc3Cn3c(Cl)ccc32)cc1. The van der Waals surface area contributed by atoms with Crippen LogP contribution >= 0.6 is 11.6 Å². The molecule has 1 atom stereocenters. The second-order valence-corrected chi connectivity index (χ2v) is 8.38. The number of hydrogen-bond acceptors (Lipinski definition) is 4. The van der Waals surface area contributed by atoms with E-state index < -0.39 is 6.04 Å². The number of amides is 1. The predicted molar refractivity (Wildman–Crippen MR) is 133 cm³/mol. The van der Waals surface area contributed by atoms with E-state index in [-0.39, 0.29) is 11.7 Å². The number of hydrogen-bond donors (Lipinski definition) is 2. The van der Waals surface area contributed by atoms with Gasteiger partial charge in [-0.2, -0.15) is 0 Å². The van der Waals surface area contributed by atoms with Crippen LogP contribution in [0, 0.1) is 0 Å². The number of halogens is 1. The van der Waals surface area contributed by atoms with Crippen molar-refractivity contribution < 1.29 is 14.3 Å². The van der Waals surface area contributed by atoms with Crippen molar-refractivity contribution in [2.75, 3.05) is 17.7 Å². The molecule has 0 bridgehead atoms. The maximum atomic E-state index is 13.5. The Morgan fingerprint density at radius 3 is 2.50 bits per heavy atom. The van der Waals surface area contributed by atoms with Crippen molar-refractivity contribution in [2.24, 2.45) is 0 Å². The minimum absolute atomic E-state index is 0.0877. The van der Waals surface area contributed by atoms with Crippen molar-refractivity contribution in [1.29, 1.82) is 0 Å². The van der Waals surface area contributed by atoms with Crippen molar-refractivity contribution >= 4 is 34.7 Å². The average molecular weight is 472 g/mol. The van der Waals surface area contributed by atoms with Gasteiger partial charge in [0, 0.05) is 22.6 Å². The van der Waals surface area contributed by atoms with Gasteiger partial charge in [-0.3, -0.25) is 9.59 Å². The van der Waals surface area contributed by atoms with Gasteiger partial charge in [-0.25, -0.2) is 0 Å². The van der Waals surface area contributed by atoms with E-state index in [1.807, 2.05) is 41.0 Å². The molecule has 3 aromatic carbocycles. The topological polar surface area (TPSA) is 72.4 Å². The molecule has 0 radical (unpaired) electrons. The summed E-state index contributed by atoms with van der Waals surface area (Å²) in [7, 11) is 1.52. The minimum atomic E-state index is -0.592. The molecular weight excluding hydrogens is 450 g/mol. The van der Waals surface area contributed by atoms with Gasteiger partial charge in [0.15, 0.2) is 5.78 Å². The zero-order chi connectivity index (χ0) is 23.7. The number of nitrogens with one attached hydrogen (secondary N) is 2. The number of methoxy groups -OCH3 is 1. The molecule has 4 aromatic rings. The van der Waals surface area contributed by atoms with E-state index >= 15 is 0 Å². The Labute approximate surface area is 202 Å². The van der Waals surface area contributed by atoms with Crippen LogP contribution in [0.15, 0.2) is 84.9 Å². The normalized spacial score (nSPS) is 14.2. The fraction of sp³-hybridized carbons (Fsp3) is 0.111. The van der Waals surface area contributed by atoms with Crippen molar-refractivity contribution in [2.45, 2.75) is 12.6 Å². The zero-order valence-corrected chi connectivity index (χ0v) is 19.2. The Hall–Kier alpha value is -4.03. The maximum Gasteiger partial charge on any atom is 0.259 e. The molecule has 1 amide bonds. The molecule has 1 aliphatic rings. The Kier molecular flexibility index (Phi) is 5.82. The van der Waals surface area contributed by atoms with Crippen molar-refractivity contribution in [3.05, 3.63) is 112 Å². The average Bonchev–Trinajstić information content (AvgIpc) is 3.13. The van der Waals surface area contributed by atoms with Crippen molar-refractivity contribution in [3.8, 4) is 5.75 Å². The summed E-state index contributed by atoms with van der Waals surface area (Å²) in [5.74, 6) is 0.120. The number of para-hydroxylation sites is 2. The quantitative estimate of drug-likeness (QED) is 0.361. The van der Waals surface area contributed by atoms with Gasteiger partial charge in [0.2, 0.25) is 0 Å². The number of nitrogens with zero attached hydrogens (tertiary/aromatic N) is 1. The number of carbonyl (C=O) groups excluding carboxylic acids is 2. The van der Waals surface area contributed by atoms with E-state index in [0.29, 0.717) is 34.3 Å². The highest BCUT2D eigenvalue weighted by atomic mass is 35.5. The smallest absolute Gasteiger partial charge is 0.259 e. The van der Waals surface area contributed by atoms with Crippen LogP contribution in [0.1, 0.15) is 38.0 Å². The standard InChI is InChI=1S/C27H22ClN3O3/c1-34-23-9-5-3-7-20(23)27(33)29-19-12-10-17(11-13-19)26(32)25-22-14-15-24(28)31(22)16-18-6-2-4-8-21(18)30-25/h2-15,25,30H,16H2,1H3,(H,29,33). The molecule has 7 heteroatoms. The van der Waals surface area contributed by atoms with Gasteiger partial charge in [0.05, 0.1) is 19.2 Å². The molecule has 6 nitrogen and oxygen atoms in total. The molecule has 2 heterocycles. The van der Waals surface area contributed by atoms with E-state index in [1.54, 1.807) is 48.5 Å². The fourth-order valence-electron chi connectivity index (χ4n) is 4.19. The largest absolute Gasteiger partial charge is 0.496 e. The summed E-state index contributed by atoms with van der Waals surface area (Å²) < 4.78 is 7.21. The third kappa shape index (κ3) is 4.04. The molecule has 1 aliphatic heterocycles. The highest BCUT2D eigenvalue weighted by Crippen LogP contribution is 2.33. The number of ether oxygens (including phenoxy) is 1. The highest BCUT2D eigenvalue weighted by Gasteiger charge is 2.29. The number of aromatic nitrogens is 1. The van der Waals surface area contributed by atoms with Crippen LogP contribution in [0.5, 0.6) is 5.75 Å². The Morgan fingerprint density at radius 1 is 0.971 bits per heavy atom. The van der Waals surface area contributed by atoms with Crippen LogP contribution in [0.2, 0.25) is 5.15 Å². The lowest BCUT2D eigenvalue weighted by Crippen LogP contribution is -2.22. The number of ketones is 1. The van der Waals surface area contributed by atoms with Gasteiger partial charge < -0.3 is 19.9 Å². The molecule has 2 N–H and O–H groups in total. The molecule has 5 rings (SSSR count). The third-order valence-electron chi connectivity index (χ3n) is 5.94. The molecule has 170 valence electrons. The number of anilines is 2. The first-order chi connectivity index (χ1) is 16.5. The zero-order valence-electron chi connectivity index (χ0n) is 18.4. The molecule has 34 heavy (non-hydrogen) atoms. The van der Waals surface area contributed by atoms with E-state index in [9.17, 15) is 9.59 Å². The van der Waals surface area contributed by atoms with Crippen molar-refractivity contribution in [1.82, 2.24) is 4.57 Å². The lowest BCUT2D eigenvalue weighted by molar-refractivity contribution is 0.0966. The first-order valence-corrected chi connectivity index (χ1v) is 11.2. The number of rotatable bonds is 5. The van der Waals surface area contributed by atoms with Crippen LogP contribution < -0.4 is 15.4 Å². The summed E-state index contributed by atoms with van der Waals surface area (Å²) in [5, 5.41) is 6.83. The number of carbonyl (C=O) groups is 2. The second kappa shape index (κ2) is 9.08. The number of Topliss-reactive ketones (excluding diaryl/α,β-unsaturated/α-hetero) is 1. The Morgan fingerprint density at radius 2 is 1.71 bits per heavy atom. The van der Waals surface area contributed by atoms with E-state index in [4.69, 9.17) is 16.3 Å².